The minimum Gasteiger partial charge on any atom is -0.350 e. The molecule has 2 nitrogen and oxygen atoms in total. The average Bonchev–Trinajstić information content (AvgIpc) is 3.16. The molecule has 132 valence electrons. The molecule has 1 amide bonds. The first-order chi connectivity index (χ1) is 12.1. The Bertz CT molecular complexity index is 679. The second kappa shape index (κ2) is 7.56. The van der Waals surface area contributed by atoms with Gasteiger partial charge in [-0.1, -0.05) is 37.1 Å². The van der Waals surface area contributed by atoms with Gasteiger partial charge >= 0.3 is 0 Å². The number of benzene rings is 2. The number of thioether (sulfide) groups is 1. The van der Waals surface area contributed by atoms with Gasteiger partial charge in [-0.15, -0.1) is 0 Å². The van der Waals surface area contributed by atoms with Crippen LogP contribution in [0.1, 0.15) is 36.8 Å². The third-order valence-electron chi connectivity index (χ3n) is 4.93. The lowest BCUT2D eigenvalue weighted by Crippen LogP contribution is -2.35. The molecule has 25 heavy (non-hydrogen) atoms. The van der Waals surface area contributed by atoms with Gasteiger partial charge in [0.1, 0.15) is 11.6 Å². The first kappa shape index (κ1) is 17.9. The Morgan fingerprint density at radius 3 is 1.80 bits per heavy atom. The van der Waals surface area contributed by atoms with Crippen molar-refractivity contribution in [2.45, 2.75) is 30.4 Å². The summed E-state index contributed by atoms with van der Waals surface area (Å²) in [6, 6.07) is 12.7. The van der Waals surface area contributed by atoms with Gasteiger partial charge in [0, 0.05) is 7.05 Å². The van der Waals surface area contributed by atoms with E-state index >= 15 is 0 Å². The Morgan fingerprint density at radius 2 is 1.40 bits per heavy atom. The van der Waals surface area contributed by atoms with E-state index < -0.39 is 4.75 Å². The molecule has 0 radical (unpaired) electrons. The fraction of sp³-hybridized carbons (Fsp3) is 0.350. The van der Waals surface area contributed by atoms with Gasteiger partial charge in [-0.05, 0) is 65.9 Å². The Labute approximate surface area is 151 Å². The summed E-state index contributed by atoms with van der Waals surface area (Å²) in [5, 5.41) is 2.53. The summed E-state index contributed by atoms with van der Waals surface area (Å²) in [6.07, 6.45) is 4.17. The second-order valence-corrected chi connectivity index (χ2v) is 7.59. The summed E-state index contributed by atoms with van der Waals surface area (Å²) in [5.41, 5.74) is 1.75. The number of carbonyl (C=O) groups excluding carboxylic acids is 1. The van der Waals surface area contributed by atoms with Crippen molar-refractivity contribution in [3.05, 3.63) is 71.3 Å². The van der Waals surface area contributed by atoms with Gasteiger partial charge < -0.3 is 5.32 Å². The van der Waals surface area contributed by atoms with Crippen LogP contribution >= 0.6 is 11.8 Å². The fourth-order valence-electron chi connectivity index (χ4n) is 3.76. The van der Waals surface area contributed by atoms with E-state index in [2.05, 4.69) is 5.32 Å². The molecule has 0 saturated heterocycles. The molecule has 0 bridgehead atoms. The number of amides is 1. The minimum absolute atomic E-state index is 0.152. The van der Waals surface area contributed by atoms with Crippen molar-refractivity contribution in [2.75, 3.05) is 7.05 Å². The Balaban J connectivity index is 2.19. The summed E-state index contributed by atoms with van der Waals surface area (Å²) < 4.78 is 26.3. The van der Waals surface area contributed by atoms with Crippen LogP contribution in [0.3, 0.4) is 0 Å². The molecule has 5 heteroatoms. The van der Waals surface area contributed by atoms with Crippen LogP contribution in [0.2, 0.25) is 0 Å². The van der Waals surface area contributed by atoms with E-state index in [1.165, 1.54) is 36.0 Å². The molecule has 1 N–H and O–H groups in total. The van der Waals surface area contributed by atoms with Crippen LogP contribution in [-0.4, -0.2) is 12.3 Å². The van der Waals surface area contributed by atoms with Gasteiger partial charge in [-0.25, -0.2) is 8.78 Å². The second-order valence-electron chi connectivity index (χ2n) is 6.37. The third kappa shape index (κ3) is 3.56. The van der Waals surface area contributed by atoms with Crippen LogP contribution in [0.25, 0.3) is 0 Å². The molecule has 0 unspecified atom stereocenters. The number of halogens is 2. The molecular weight excluding hydrogens is 340 g/mol. The monoisotopic (exact) mass is 361 g/mol. The number of carbonyl (C=O) groups is 1. The molecule has 2 aromatic carbocycles. The quantitative estimate of drug-likeness (QED) is 0.782. The van der Waals surface area contributed by atoms with Gasteiger partial charge in [-0.2, -0.15) is 0 Å². The van der Waals surface area contributed by atoms with E-state index in [9.17, 15) is 13.6 Å². The molecule has 0 atom stereocenters. The van der Waals surface area contributed by atoms with Crippen molar-refractivity contribution < 1.29 is 13.6 Å². The molecule has 0 spiro atoms. The van der Waals surface area contributed by atoms with E-state index in [0.29, 0.717) is 0 Å². The number of hydrogen-bond acceptors (Lipinski definition) is 2. The maximum Gasteiger partial charge on any atom is 0.280 e. The molecule has 0 aliphatic heterocycles. The molecule has 1 fully saturated rings. The van der Waals surface area contributed by atoms with Crippen molar-refractivity contribution in [1.82, 2.24) is 5.32 Å². The van der Waals surface area contributed by atoms with E-state index in [-0.39, 0.29) is 22.8 Å². The lowest BCUT2D eigenvalue weighted by molar-refractivity contribution is 0.261. The summed E-state index contributed by atoms with van der Waals surface area (Å²) in [7, 11) is 1.60. The van der Waals surface area contributed by atoms with Gasteiger partial charge in [-0.3, -0.25) is 4.79 Å². The highest BCUT2D eigenvalue weighted by atomic mass is 32.2. The van der Waals surface area contributed by atoms with Crippen molar-refractivity contribution in [3.63, 3.8) is 0 Å². The highest BCUT2D eigenvalue weighted by Gasteiger charge is 2.45. The van der Waals surface area contributed by atoms with E-state index in [4.69, 9.17) is 0 Å². The highest BCUT2D eigenvalue weighted by molar-refractivity contribution is 8.14. The maximum absolute atomic E-state index is 13.5. The standard InChI is InChI=1S/C20H21F2NOS/c1-23-19(24)25-20(14-4-2-3-5-14,15-6-10-17(21)11-7-15)16-8-12-18(22)13-9-16/h6-14H,2-5H2,1H3,(H,23,24). The van der Waals surface area contributed by atoms with E-state index in [1.807, 2.05) is 0 Å². The Kier molecular flexibility index (Phi) is 5.42. The van der Waals surface area contributed by atoms with Crippen molar-refractivity contribution in [1.29, 1.82) is 0 Å². The molecule has 1 aliphatic carbocycles. The van der Waals surface area contributed by atoms with E-state index in [1.54, 1.807) is 31.3 Å². The maximum atomic E-state index is 13.5. The zero-order valence-electron chi connectivity index (χ0n) is 14.1. The molecule has 0 heterocycles. The topological polar surface area (TPSA) is 29.1 Å². The number of nitrogens with one attached hydrogen (secondary N) is 1. The highest BCUT2D eigenvalue weighted by Crippen LogP contribution is 2.54. The minimum atomic E-state index is -0.655. The number of rotatable bonds is 4. The summed E-state index contributed by atoms with van der Waals surface area (Å²) >= 11 is 1.21. The van der Waals surface area contributed by atoms with Gasteiger partial charge in [0.05, 0.1) is 4.75 Å². The molecule has 1 aliphatic rings. The molecule has 0 aromatic heterocycles. The van der Waals surface area contributed by atoms with Crippen LogP contribution < -0.4 is 5.32 Å². The van der Waals surface area contributed by atoms with Gasteiger partial charge in [0.25, 0.3) is 5.24 Å². The van der Waals surface area contributed by atoms with Crippen LogP contribution in [0.5, 0.6) is 0 Å². The molecule has 1 saturated carbocycles. The average molecular weight is 361 g/mol. The first-order valence-corrected chi connectivity index (χ1v) is 9.30. The van der Waals surface area contributed by atoms with Gasteiger partial charge in [0.15, 0.2) is 0 Å². The third-order valence-corrected chi connectivity index (χ3v) is 6.45. The van der Waals surface area contributed by atoms with Crippen LogP contribution in [0.15, 0.2) is 48.5 Å². The van der Waals surface area contributed by atoms with Gasteiger partial charge in [0.2, 0.25) is 0 Å². The lowest BCUT2D eigenvalue weighted by Gasteiger charge is -2.39. The molecule has 3 rings (SSSR count). The predicted molar refractivity (Wildman–Crippen MR) is 97.6 cm³/mol. The summed E-state index contributed by atoms with van der Waals surface area (Å²) in [5.74, 6) is -0.396. The van der Waals surface area contributed by atoms with Crippen molar-refractivity contribution >= 4 is 17.0 Å². The predicted octanol–water partition coefficient (Wildman–Crippen LogP) is 5.47. The van der Waals surface area contributed by atoms with Crippen molar-refractivity contribution in [3.8, 4) is 0 Å². The smallest absolute Gasteiger partial charge is 0.280 e. The lowest BCUT2D eigenvalue weighted by atomic mass is 9.78. The number of hydrogen-bond donors (Lipinski definition) is 1. The molecule has 2 aromatic rings. The summed E-state index contributed by atoms with van der Waals surface area (Å²) in [6.45, 7) is 0. The molecular formula is C20H21F2NOS. The Morgan fingerprint density at radius 1 is 0.960 bits per heavy atom. The van der Waals surface area contributed by atoms with Crippen LogP contribution in [0.4, 0.5) is 13.6 Å². The first-order valence-electron chi connectivity index (χ1n) is 8.49. The fourth-order valence-corrected chi connectivity index (χ4v) is 5.07. The van der Waals surface area contributed by atoms with E-state index in [0.717, 1.165) is 36.8 Å². The summed E-state index contributed by atoms with van der Waals surface area (Å²) in [4.78, 5) is 12.4. The SMILES string of the molecule is CNC(=O)SC(c1ccc(F)cc1)(c1ccc(F)cc1)C1CCCC1. The largest absolute Gasteiger partial charge is 0.350 e. The van der Waals surface area contributed by atoms with Crippen LogP contribution in [-0.2, 0) is 4.75 Å². The zero-order chi connectivity index (χ0) is 17.9. The van der Waals surface area contributed by atoms with Crippen LogP contribution in [0, 0.1) is 17.6 Å². The Hall–Kier alpha value is -1.88. The van der Waals surface area contributed by atoms with Crippen molar-refractivity contribution in [2.24, 2.45) is 5.92 Å². The normalized spacial score (nSPS) is 15.3. The zero-order valence-corrected chi connectivity index (χ0v) is 14.9.